The highest BCUT2D eigenvalue weighted by atomic mass is 32.2. The number of carbonyl (C=O) groups is 1. The van der Waals surface area contributed by atoms with Crippen LogP contribution >= 0.6 is 11.9 Å². The number of amides is 1. The molecular weight excluding hydrogens is 323 g/mol. The van der Waals surface area contributed by atoms with Crippen LogP contribution in [-0.4, -0.2) is 10.2 Å². The van der Waals surface area contributed by atoms with Gasteiger partial charge in [-0.15, -0.1) is 0 Å². The summed E-state index contributed by atoms with van der Waals surface area (Å²) in [6.07, 6.45) is -2.78. The Labute approximate surface area is 135 Å². The minimum Gasteiger partial charge on any atom is -0.268 e. The van der Waals surface area contributed by atoms with Crippen molar-refractivity contribution in [1.82, 2.24) is 4.31 Å². The van der Waals surface area contributed by atoms with Gasteiger partial charge in [0.1, 0.15) is 0 Å². The SMILES string of the molecule is CC1=Cc2cc(C(F)(F)F)ccc2SN1C(=O)c1ccccc1. The summed E-state index contributed by atoms with van der Waals surface area (Å²) >= 11 is 1.14. The summed E-state index contributed by atoms with van der Waals surface area (Å²) in [5.41, 5.74) is 0.905. The number of hydrogen-bond donors (Lipinski definition) is 0. The molecule has 0 fully saturated rings. The molecule has 118 valence electrons. The molecule has 0 spiro atoms. The van der Waals surface area contributed by atoms with Gasteiger partial charge in [0.15, 0.2) is 0 Å². The fourth-order valence-electron chi connectivity index (χ4n) is 2.27. The molecule has 3 rings (SSSR count). The monoisotopic (exact) mass is 335 g/mol. The van der Waals surface area contributed by atoms with Crippen LogP contribution < -0.4 is 0 Å². The van der Waals surface area contributed by atoms with Crippen LogP contribution in [-0.2, 0) is 6.18 Å². The number of halogens is 3. The minimum atomic E-state index is -4.38. The van der Waals surface area contributed by atoms with Gasteiger partial charge in [0.25, 0.3) is 5.91 Å². The van der Waals surface area contributed by atoms with Crippen LogP contribution in [0.1, 0.15) is 28.4 Å². The number of allylic oxidation sites excluding steroid dienone is 1. The number of alkyl halides is 3. The fraction of sp³-hybridized carbons (Fsp3) is 0.118. The van der Waals surface area contributed by atoms with Gasteiger partial charge in [-0.3, -0.25) is 4.79 Å². The van der Waals surface area contributed by atoms with Crippen molar-refractivity contribution in [2.45, 2.75) is 18.0 Å². The van der Waals surface area contributed by atoms with Gasteiger partial charge in [-0.1, -0.05) is 18.2 Å². The molecule has 0 aromatic heterocycles. The maximum atomic E-state index is 12.8. The molecular formula is C17H12F3NOS. The van der Waals surface area contributed by atoms with E-state index in [0.717, 1.165) is 24.1 Å². The van der Waals surface area contributed by atoms with Crippen LogP contribution in [0.25, 0.3) is 6.08 Å². The van der Waals surface area contributed by atoms with E-state index >= 15 is 0 Å². The van der Waals surface area contributed by atoms with Gasteiger partial charge in [-0.25, -0.2) is 4.31 Å². The van der Waals surface area contributed by atoms with Crippen molar-refractivity contribution < 1.29 is 18.0 Å². The number of fused-ring (bicyclic) bond motifs is 1. The van der Waals surface area contributed by atoms with Gasteiger partial charge in [-0.05, 0) is 60.8 Å². The Hall–Kier alpha value is -2.21. The molecule has 1 aliphatic heterocycles. The summed E-state index contributed by atoms with van der Waals surface area (Å²) in [6, 6.07) is 12.3. The largest absolute Gasteiger partial charge is 0.416 e. The number of carbonyl (C=O) groups excluding carboxylic acids is 1. The molecule has 0 N–H and O–H groups in total. The average molecular weight is 335 g/mol. The smallest absolute Gasteiger partial charge is 0.268 e. The zero-order chi connectivity index (χ0) is 16.6. The lowest BCUT2D eigenvalue weighted by molar-refractivity contribution is -0.137. The summed E-state index contributed by atoms with van der Waals surface area (Å²) in [7, 11) is 0. The average Bonchev–Trinajstić information content (AvgIpc) is 2.53. The topological polar surface area (TPSA) is 20.3 Å². The molecule has 1 aliphatic rings. The molecule has 2 aromatic rings. The van der Waals surface area contributed by atoms with Crippen LogP contribution in [0.4, 0.5) is 13.2 Å². The molecule has 0 radical (unpaired) electrons. The molecule has 0 saturated heterocycles. The van der Waals surface area contributed by atoms with Gasteiger partial charge in [0.2, 0.25) is 0 Å². The van der Waals surface area contributed by atoms with E-state index in [4.69, 9.17) is 0 Å². The summed E-state index contributed by atoms with van der Waals surface area (Å²) in [4.78, 5) is 13.1. The first kappa shape index (κ1) is 15.7. The molecule has 23 heavy (non-hydrogen) atoms. The van der Waals surface area contributed by atoms with E-state index in [1.54, 1.807) is 37.3 Å². The lowest BCUT2D eigenvalue weighted by Gasteiger charge is -2.27. The van der Waals surface area contributed by atoms with Crippen molar-refractivity contribution in [3.63, 3.8) is 0 Å². The Morgan fingerprint density at radius 3 is 2.43 bits per heavy atom. The molecule has 2 aromatic carbocycles. The lowest BCUT2D eigenvalue weighted by Crippen LogP contribution is -2.24. The molecule has 1 amide bonds. The van der Waals surface area contributed by atoms with Crippen molar-refractivity contribution in [1.29, 1.82) is 0 Å². The first-order valence-electron chi connectivity index (χ1n) is 6.83. The van der Waals surface area contributed by atoms with Gasteiger partial charge in [-0.2, -0.15) is 13.2 Å². The Balaban J connectivity index is 1.94. The first-order valence-corrected chi connectivity index (χ1v) is 7.60. The molecule has 0 bridgehead atoms. The molecule has 6 heteroatoms. The van der Waals surface area contributed by atoms with E-state index in [1.165, 1.54) is 10.4 Å². The molecule has 0 atom stereocenters. The summed E-state index contributed by atoms with van der Waals surface area (Å²) in [6.45, 7) is 1.71. The zero-order valence-corrected chi connectivity index (χ0v) is 12.9. The highest BCUT2D eigenvalue weighted by Gasteiger charge is 2.32. The Kier molecular flexibility index (Phi) is 3.93. The van der Waals surface area contributed by atoms with Crippen molar-refractivity contribution in [3.8, 4) is 0 Å². The van der Waals surface area contributed by atoms with E-state index in [1.807, 2.05) is 6.07 Å². The Bertz CT molecular complexity index is 784. The fourth-order valence-corrected chi connectivity index (χ4v) is 3.21. The second-order valence-corrected chi connectivity index (χ2v) is 6.08. The standard InChI is InChI=1S/C17H12F3NOS/c1-11-9-13-10-14(17(18,19)20)7-8-15(13)23-21(11)16(22)12-5-3-2-4-6-12/h2-10H,1H3. The van der Waals surface area contributed by atoms with E-state index in [-0.39, 0.29) is 5.91 Å². The second-order valence-electron chi connectivity index (χ2n) is 5.09. The highest BCUT2D eigenvalue weighted by Crippen LogP contribution is 2.40. The predicted molar refractivity (Wildman–Crippen MR) is 83.6 cm³/mol. The van der Waals surface area contributed by atoms with Gasteiger partial charge >= 0.3 is 6.18 Å². The van der Waals surface area contributed by atoms with Crippen LogP contribution in [0.3, 0.4) is 0 Å². The number of benzene rings is 2. The maximum absolute atomic E-state index is 12.8. The van der Waals surface area contributed by atoms with Gasteiger partial charge in [0.05, 0.1) is 5.56 Å². The normalized spacial score (nSPS) is 14.3. The van der Waals surface area contributed by atoms with E-state index in [0.29, 0.717) is 21.7 Å². The zero-order valence-electron chi connectivity index (χ0n) is 12.1. The third-order valence-electron chi connectivity index (χ3n) is 3.42. The van der Waals surface area contributed by atoms with Crippen molar-refractivity contribution in [2.24, 2.45) is 0 Å². The van der Waals surface area contributed by atoms with E-state index in [2.05, 4.69) is 0 Å². The number of nitrogens with zero attached hydrogens (tertiary/aromatic N) is 1. The predicted octanol–water partition coefficient (Wildman–Crippen LogP) is 5.23. The van der Waals surface area contributed by atoms with E-state index < -0.39 is 11.7 Å². The van der Waals surface area contributed by atoms with Crippen LogP contribution in [0.2, 0.25) is 0 Å². The number of rotatable bonds is 1. The van der Waals surface area contributed by atoms with Gasteiger partial charge < -0.3 is 0 Å². The maximum Gasteiger partial charge on any atom is 0.416 e. The summed E-state index contributed by atoms with van der Waals surface area (Å²) in [5, 5.41) is 0. The molecule has 0 aliphatic carbocycles. The Morgan fingerprint density at radius 2 is 1.78 bits per heavy atom. The van der Waals surface area contributed by atoms with Gasteiger partial charge in [0, 0.05) is 16.2 Å². The summed E-state index contributed by atoms with van der Waals surface area (Å²) in [5.74, 6) is -0.199. The third-order valence-corrected chi connectivity index (χ3v) is 4.62. The first-order chi connectivity index (χ1) is 10.9. The second kappa shape index (κ2) is 5.77. The minimum absolute atomic E-state index is 0.199. The van der Waals surface area contributed by atoms with Crippen molar-refractivity contribution in [3.05, 3.63) is 70.9 Å². The highest BCUT2D eigenvalue weighted by molar-refractivity contribution is 7.97. The van der Waals surface area contributed by atoms with Crippen molar-refractivity contribution in [2.75, 3.05) is 0 Å². The van der Waals surface area contributed by atoms with Crippen LogP contribution in [0.5, 0.6) is 0 Å². The molecule has 0 unspecified atom stereocenters. The lowest BCUT2D eigenvalue weighted by atomic mass is 10.1. The van der Waals surface area contributed by atoms with E-state index in [9.17, 15) is 18.0 Å². The third kappa shape index (κ3) is 3.12. The summed E-state index contributed by atoms with van der Waals surface area (Å²) < 4.78 is 39.9. The number of hydrogen-bond acceptors (Lipinski definition) is 2. The quantitative estimate of drug-likeness (QED) is 0.665. The van der Waals surface area contributed by atoms with Crippen LogP contribution in [0, 0.1) is 0 Å². The molecule has 2 nitrogen and oxygen atoms in total. The van der Waals surface area contributed by atoms with Crippen LogP contribution in [0.15, 0.2) is 59.1 Å². The van der Waals surface area contributed by atoms with Crippen molar-refractivity contribution >= 4 is 23.9 Å². The molecule has 0 saturated carbocycles. The molecule has 1 heterocycles. The Morgan fingerprint density at radius 1 is 1.09 bits per heavy atom.